The first kappa shape index (κ1) is 18.1. The van der Waals surface area contributed by atoms with Crippen LogP contribution in [0, 0.1) is 0 Å². The van der Waals surface area contributed by atoms with Crippen molar-refractivity contribution in [1.82, 2.24) is 9.80 Å². The maximum atomic E-state index is 12.5. The number of benzene rings is 1. The van der Waals surface area contributed by atoms with Crippen LogP contribution in [0.5, 0.6) is 0 Å². The molecule has 128 valence electrons. The highest BCUT2D eigenvalue weighted by atomic mass is 32.2. The number of carbonyl (C=O) groups is 1. The van der Waals surface area contributed by atoms with Gasteiger partial charge in [-0.05, 0) is 57.7 Å². The van der Waals surface area contributed by atoms with Gasteiger partial charge in [0.15, 0.2) is 0 Å². The van der Waals surface area contributed by atoms with E-state index < -0.39 is 0 Å². The summed E-state index contributed by atoms with van der Waals surface area (Å²) in [5, 5.41) is 3.48. The number of amides is 2. The molecule has 1 aliphatic heterocycles. The number of hydrogen-bond donors (Lipinski definition) is 1. The van der Waals surface area contributed by atoms with E-state index in [1.54, 1.807) is 0 Å². The topological polar surface area (TPSA) is 35.6 Å². The number of thioether (sulfide) groups is 1. The molecule has 5 heteroatoms. The zero-order valence-electron chi connectivity index (χ0n) is 14.9. The van der Waals surface area contributed by atoms with E-state index in [-0.39, 0.29) is 6.03 Å². The van der Waals surface area contributed by atoms with Crippen LogP contribution in [0.1, 0.15) is 37.5 Å². The van der Waals surface area contributed by atoms with Crippen molar-refractivity contribution in [3.63, 3.8) is 0 Å². The molecule has 1 aliphatic rings. The molecule has 0 aromatic heterocycles. The largest absolute Gasteiger partial charge is 0.325 e. The first-order valence-corrected chi connectivity index (χ1v) is 9.58. The normalized spacial score (nSPS) is 23.3. The fraction of sp³-hybridized carbons (Fsp3) is 0.611. The summed E-state index contributed by atoms with van der Waals surface area (Å²) in [6, 6.07) is 8.98. The summed E-state index contributed by atoms with van der Waals surface area (Å²) in [4.78, 5) is 16.8. The molecule has 1 aromatic rings. The second-order valence-electron chi connectivity index (χ2n) is 6.55. The van der Waals surface area contributed by atoms with Gasteiger partial charge in [-0.2, -0.15) is 11.8 Å². The van der Waals surface area contributed by atoms with Crippen molar-refractivity contribution in [1.29, 1.82) is 0 Å². The van der Waals surface area contributed by atoms with E-state index in [0.717, 1.165) is 25.1 Å². The van der Waals surface area contributed by atoms with Crippen LogP contribution in [0.3, 0.4) is 0 Å². The summed E-state index contributed by atoms with van der Waals surface area (Å²) in [6.45, 7) is 5.45. The van der Waals surface area contributed by atoms with E-state index in [2.05, 4.69) is 49.5 Å². The van der Waals surface area contributed by atoms with Crippen molar-refractivity contribution in [2.24, 2.45) is 0 Å². The third-order valence-corrected chi connectivity index (χ3v) is 5.99. The van der Waals surface area contributed by atoms with Gasteiger partial charge in [-0.1, -0.05) is 12.1 Å². The third kappa shape index (κ3) is 4.64. The average Bonchev–Trinajstić information content (AvgIpc) is 2.56. The molecule has 23 heavy (non-hydrogen) atoms. The summed E-state index contributed by atoms with van der Waals surface area (Å²) in [7, 11) is 4.06. The third-order valence-electron chi connectivity index (χ3n) is 5.01. The molecule has 1 aromatic carbocycles. The lowest BCUT2D eigenvalue weighted by Gasteiger charge is -2.39. The van der Waals surface area contributed by atoms with Gasteiger partial charge in [0, 0.05) is 36.6 Å². The average molecular weight is 336 g/mol. The number of nitrogens with one attached hydrogen (secondary N) is 1. The molecule has 0 radical (unpaired) electrons. The predicted octanol–water partition coefficient (Wildman–Crippen LogP) is 4.06. The molecular weight excluding hydrogens is 306 g/mol. The fourth-order valence-electron chi connectivity index (χ4n) is 3.00. The molecule has 4 nitrogen and oxygen atoms in total. The number of piperidine rings is 1. The Kier molecular flexibility index (Phi) is 6.36. The monoisotopic (exact) mass is 335 g/mol. The van der Waals surface area contributed by atoms with E-state index in [4.69, 9.17) is 0 Å². The van der Waals surface area contributed by atoms with Gasteiger partial charge in [-0.3, -0.25) is 0 Å². The van der Waals surface area contributed by atoms with Gasteiger partial charge in [-0.15, -0.1) is 0 Å². The lowest BCUT2D eigenvalue weighted by Crippen LogP contribution is -2.49. The Morgan fingerprint density at radius 1 is 1.48 bits per heavy atom. The predicted molar refractivity (Wildman–Crippen MR) is 100 cm³/mol. The van der Waals surface area contributed by atoms with Crippen molar-refractivity contribution in [3.05, 3.63) is 29.8 Å². The van der Waals surface area contributed by atoms with Crippen molar-refractivity contribution >= 4 is 23.5 Å². The Hall–Kier alpha value is -1.20. The van der Waals surface area contributed by atoms with Crippen LogP contribution in [-0.4, -0.2) is 54.8 Å². The molecule has 0 saturated carbocycles. The number of nitrogens with zero attached hydrogens (tertiary/aromatic N) is 2. The number of carbonyl (C=O) groups excluding carboxylic acids is 1. The second-order valence-corrected chi connectivity index (χ2v) is 7.73. The first-order valence-electron chi connectivity index (χ1n) is 8.29. The smallest absolute Gasteiger partial charge is 0.321 e. The first-order chi connectivity index (χ1) is 10.9. The highest BCUT2D eigenvalue weighted by Crippen LogP contribution is 2.27. The molecule has 2 rings (SSSR count). The van der Waals surface area contributed by atoms with Crippen LogP contribution in [0.2, 0.25) is 0 Å². The maximum absolute atomic E-state index is 12.5. The van der Waals surface area contributed by atoms with Crippen LogP contribution < -0.4 is 5.32 Å². The summed E-state index contributed by atoms with van der Waals surface area (Å²) in [6.07, 6.45) is 4.17. The molecule has 1 fully saturated rings. The standard InChI is InChI=1S/C18H29N3OS/c1-13-11-17(9-10-20(13)3)21(4)18(22)19-16-8-6-7-15(12-16)14(2)23-5/h6-8,12-14,17H,9-11H2,1-5H3,(H,19,22)/t13-,14-,17-/m1/s1. The van der Waals surface area contributed by atoms with Gasteiger partial charge in [0.25, 0.3) is 0 Å². The van der Waals surface area contributed by atoms with Crippen molar-refractivity contribution < 1.29 is 4.79 Å². The Morgan fingerprint density at radius 3 is 2.87 bits per heavy atom. The summed E-state index contributed by atoms with van der Waals surface area (Å²) in [5.74, 6) is 0. The number of urea groups is 1. The molecule has 0 spiro atoms. The van der Waals surface area contributed by atoms with Crippen molar-refractivity contribution in [2.45, 2.75) is 44.0 Å². The lowest BCUT2D eigenvalue weighted by molar-refractivity contribution is 0.120. The number of hydrogen-bond acceptors (Lipinski definition) is 3. The Labute approximate surface area is 144 Å². The van der Waals surface area contributed by atoms with Crippen LogP contribution in [0.4, 0.5) is 10.5 Å². The van der Waals surface area contributed by atoms with Gasteiger partial charge >= 0.3 is 6.03 Å². The molecule has 2 amide bonds. The van der Waals surface area contributed by atoms with Crippen LogP contribution in [0.15, 0.2) is 24.3 Å². The number of rotatable bonds is 4. The molecule has 1 N–H and O–H groups in total. The van der Waals surface area contributed by atoms with Gasteiger partial charge in [0.1, 0.15) is 0 Å². The molecule has 0 aliphatic carbocycles. The highest BCUT2D eigenvalue weighted by molar-refractivity contribution is 7.98. The zero-order chi connectivity index (χ0) is 17.0. The van der Waals surface area contributed by atoms with Gasteiger partial charge in [0.05, 0.1) is 0 Å². The van der Waals surface area contributed by atoms with E-state index in [1.807, 2.05) is 35.8 Å². The molecular formula is C18H29N3OS. The van der Waals surface area contributed by atoms with Gasteiger partial charge in [0.2, 0.25) is 0 Å². The minimum Gasteiger partial charge on any atom is -0.325 e. The molecule has 3 atom stereocenters. The molecule has 0 bridgehead atoms. The minimum atomic E-state index is -0.0132. The number of likely N-dealkylation sites (tertiary alicyclic amines) is 1. The maximum Gasteiger partial charge on any atom is 0.321 e. The Morgan fingerprint density at radius 2 is 2.22 bits per heavy atom. The SMILES string of the molecule is CS[C@H](C)c1cccc(NC(=O)N(C)[C@@H]2CCN(C)[C@H](C)C2)c1. The molecule has 0 unspecified atom stereocenters. The van der Waals surface area contributed by atoms with Gasteiger partial charge < -0.3 is 15.1 Å². The number of anilines is 1. The van der Waals surface area contributed by atoms with Crippen molar-refractivity contribution in [3.8, 4) is 0 Å². The Bertz CT molecular complexity index is 537. The van der Waals surface area contributed by atoms with Gasteiger partial charge in [-0.25, -0.2) is 4.79 Å². The van der Waals surface area contributed by atoms with E-state index >= 15 is 0 Å². The zero-order valence-corrected chi connectivity index (χ0v) is 15.7. The summed E-state index contributed by atoms with van der Waals surface area (Å²) < 4.78 is 0. The fourth-order valence-corrected chi connectivity index (χ4v) is 3.42. The summed E-state index contributed by atoms with van der Waals surface area (Å²) in [5.41, 5.74) is 2.12. The summed E-state index contributed by atoms with van der Waals surface area (Å²) >= 11 is 1.81. The van der Waals surface area contributed by atoms with Crippen LogP contribution in [0.25, 0.3) is 0 Å². The second kappa shape index (κ2) is 8.06. The van der Waals surface area contributed by atoms with E-state index in [9.17, 15) is 4.79 Å². The van der Waals surface area contributed by atoms with Crippen molar-refractivity contribution in [2.75, 3.05) is 32.2 Å². The van der Waals surface area contributed by atoms with Crippen LogP contribution in [-0.2, 0) is 0 Å². The molecule has 1 saturated heterocycles. The minimum absolute atomic E-state index is 0.0132. The van der Waals surface area contributed by atoms with E-state index in [1.165, 1.54) is 5.56 Å². The highest BCUT2D eigenvalue weighted by Gasteiger charge is 2.28. The Balaban J connectivity index is 1.98. The molecule has 1 heterocycles. The van der Waals surface area contributed by atoms with E-state index in [0.29, 0.717) is 17.3 Å². The quantitative estimate of drug-likeness (QED) is 0.901. The lowest BCUT2D eigenvalue weighted by atomic mass is 9.98. The van der Waals surface area contributed by atoms with Crippen LogP contribution >= 0.6 is 11.8 Å².